The predicted molar refractivity (Wildman–Crippen MR) is 89.7 cm³/mol. The summed E-state index contributed by atoms with van der Waals surface area (Å²) in [6, 6.07) is 0. The van der Waals surface area contributed by atoms with Gasteiger partial charge in [-0.25, -0.2) is 0 Å². The third-order valence-electron chi connectivity index (χ3n) is 9.25. The molecule has 3 heteroatoms. The third kappa shape index (κ3) is 2.05. The van der Waals surface area contributed by atoms with Gasteiger partial charge in [0, 0.05) is 0 Å². The summed E-state index contributed by atoms with van der Waals surface area (Å²) in [6.45, 7) is 6.77. The van der Waals surface area contributed by atoms with Crippen LogP contribution in [0.2, 0.25) is 0 Å². The van der Waals surface area contributed by atoms with Crippen LogP contribution in [0.15, 0.2) is 0 Å². The van der Waals surface area contributed by atoms with E-state index in [0.717, 1.165) is 32.1 Å². The van der Waals surface area contributed by atoms with Crippen LogP contribution in [0.3, 0.4) is 0 Å². The second kappa shape index (κ2) is 4.95. The van der Waals surface area contributed by atoms with E-state index >= 15 is 0 Å². The van der Waals surface area contributed by atoms with Gasteiger partial charge in [-0.1, -0.05) is 13.8 Å². The summed E-state index contributed by atoms with van der Waals surface area (Å²) in [4.78, 5) is 0. The molecule has 0 aromatic heterocycles. The van der Waals surface area contributed by atoms with Crippen LogP contribution in [0.4, 0.5) is 0 Å². The molecular weight excluding hydrogens is 288 g/mol. The Bertz CT molecular complexity index is 489. The highest BCUT2D eigenvalue weighted by Crippen LogP contribution is 2.68. The molecule has 4 fully saturated rings. The van der Waals surface area contributed by atoms with E-state index in [-0.39, 0.29) is 10.8 Å². The van der Waals surface area contributed by atoms with Crippen molar-refractivity contribution in [2.24, 2.45) is 34.5 Å². The SMILES string of the molecule is CC1(O)CC[C@H]2[C@@H]3CCC4CC(O)C(O)C[C@]4(C)[C@@H]3CC[C@@]21C. The Hall–Kier alpha value is -0.120. The number of aliphatic hydroxyl groups excluding tert-OH is 2. The summed E-state index contributed by atoms with van der Waals surface area (Å²) in [7, 11) is 0. The van der Waals surface area contributed by atoms with Gasteiger partial charge in [-0.15, -0.1) is 0 Å². The standard InChI is InChI=1S/C20H34O3/c1-18-11-17(22)16(21)10-12(18)4-5-13-14(18)6-8-19(2)15(13)7-9-20(19,3)23/h12-17,21-23H,4-11H2,1-3H3/t12?,13-,14-,15+,16?,17?,18+,19+,20?/m1/s1. The van der Waals surface area contributed by atoms with E-state index in [9.17, 15) is 15.3 Å². The molecule has 0 amide bonds. The Morgan fingerprint density at radius 2 is 1.52 bits per heavy atom. The summed E-state index contributed by atoms with van der Waals surface area (Å²) in [5.74, 6) is 2.56. The molecule has 132 valence electrons. The molecule has 0 spiro atoms. The fraction of sp³-hybridized carbons (Fsp3) is 1.00. The highest BCUT2D eigenvalue weighted by molar-refractivity contribution is 5.13. The normalized spacial score (nSPS) is 62.3. The molecule has 0 aromatic rings. The van der Waals surface area contributed by atoms with E-state index in [4.69, 9.17) is 0 Å². The monoisotopic (exact) mass is 322 g/mol. The van der Waals surface area contributed by atoms with Gasteiger partial charge in [0.2, 0.25) is 0 Å². The predicted octanol–water partition coefficient (Wildman–Crippen LogP) is 3.11. The molecule has 9 atom stereocenters. The van der Waals surface area contributed by atoms with Crippen LogP contribution in [-0.4, -0.2) is 33.1 Å². The molecule has 3 N–H and O–H groups in total. The second-order valence-corrected chi connectivity index (χ2v) is 10.0. The molecule has 4 aliphatic carbocycles. The minimum Gasteiger partial charge on any atom is -0.390 e. The van der Waals surface area contributed by atoms with Crippen molar-refractivity contribution in [3.8, 4) is 0 Å². The number of rotatable bonds is 0. The topological polar surface area (TPSA) is 60.7 Å². The van der Waals surface area contributed by atoms with E-state index in [0.29, 0.717) is 23.7 Å². The Morgan fingerprint density at radius 1 is 0.826 bits per heavy atom. The van der Waals surface area contributed by atoms with Gasteiger partial charge in [-0.3, -0.25) is 0 Å². The summed E-state index contributed by atoms with van der Waals surface area (Å²) >= 11 is 0. The van der Waals surface area contributed by atoms with Crippen molar-refractivity contribution in [3.63, 3.8) is 0 Å². The van der Waals surface area contributed by atoms with E-state index in [2.05, 4.69) is 20.8 Å². The Balaban J connectivity index is 1.64. The molecule has 0 bridgehead atoms. The highest BCUT2D eigenvalue weighted by Gasteiger charge is 2.63. The number of hydrogen-bond donors (Lipinski definition) is 3. The van der Waals surface area contributed by atoms with Gasteiger partial charge in [-0.05, 0) is 92.8 Å². The minimum atomic E-state index is -0.546. The second-order valence-electron chi connectivity index (χ2n) is 10.0. The molecule has 4 aliphatic rings. The van der Waals surface area contributed by atoms with Crippen molar-refractivity contribution in [2.45, 2.75) is 89.9 Å². The van der Waals surface area contributed by atoms with Crippen molar-refractivity contribution >= 4 is 0 Å². The molecular formula is C20H34O3. The van der Waals surface area contributed by atoms with Crippen LogP contribution in [0, 0.1) is 34.5 Å². The van der Waals surface area contributed by atoms with E-state index in [1.807, 2.05) is 0 Å². The summed E-state index contributed by atoms with van der Waals surface area (Å²) in [5, 5.41) is 31.3. The van der Waals surface area contributed by atoms with Crippen molar-refractivity contribution in [1.29, 1.82) is 0 Å². The van der Waals surface area contributed by atoms with Crippen LogP contribution in [0.1, 0.15) is 72.1 Å². The molecule has 0 saturated heterocycles. The summed E-state index contributed by atoms with van der Waals surface area (Å²) in [6.07, 6.45) is 7.33. The lowest BCUT2D eigenvalue weighted by atomic mass is 9.44. The lowest BCUT2D eigenvalue weighted by molar-refractivity contribution is -0.173. The Kier molecular flexibility index (Phi) is 3.52. The van der Waals surface area contributed by atoms with Crippen molar-refractivity contribution < 1.29 is 15.3 Å². The van der Waals surface area contributed by atoms with Gasteiger partial charge in [0.05, 0.1) is 17.8 Å². The van der Waals surface area contributed by atoms with Crippen molar-refractivity contribution in [2.75, 3.05) is 0 Å². The maximum absolute atomic E-state index is 10.9. The van der Waals surface area contributed by atoms with Gasteiger partial charge in [0.15, 0.2) is 0 Å². The van der Waals surface area contributed by atoms with Crippen molar-refractivity contribution in [3.05, 3.63) is 0 Å². The zero-order valence-electron chi connectivity index (χ0n) is 15.0. The first-order chi connectivity index (χ1) is 10.7. The smallest absolute Gasteiger partial charge is 0.0804 e. The Labute approximate surface area is 140 Å². The fourth-order valence-corrected chi connectivity index (χ4v) is 7.52. The molecule has 0 radical (unpaired) electrons. The minimum absolute atomic E-state index is 0.0736. The Morgan fingerprint density at radius 3 is 2.26 bits per heavy atom. The van der Waals surface area contributed by atoms with Crippen LogP contribution in [0.5, 0.6) is 0 Å². The van der Waals surface area contributed by atoms with Crippen molar-refractivity contribution in [1.82, 2.24) is 0 Å². The zero-order chi connectivity index (χ0) is 16.6. The summed E-state index contributed by atoms with van der Waals surface area (Å²) in [5.41, 5.74) is -0.260. The van der Waals surface area contributed by atoms with Crippen LogP contribution in [0.25, 0.3) is 0 Å². The van der Waals surface area contributed by atoms with Gasteiger partial charge in [0.1, 0.15) is 0 Å². The first-order valence-corrected chi connectivity index (χ1v) is 9.77. The average Bonchev–Trinajstić information content (AvgIpc) is 2.71. The molecule has 0 heterocycles. The largest absolute Gasteiger partial charge is 0.390 e. The van der Waals surface area contributed by atoms with Gasteiger partial charge < -0.3 is 15.3 Å². The zero-order valence-corrected chi connectivity index (χ0v) is 15.0. The highest BCUT2D eigenvalue weighted by atomic mass is 16.3. The summed E-state index contributed by atoms with van der Waals surface area (Å²) < 4.78 is 0. The van der Waals surface area contributed by atoms with Gasteiger partial charge >= 0.3 is 0 Å². The molecule has 4 unspecified atom stereocenters. The first-order valence-electron chi connectivity index (χ1n) is 9.77. The molecule has 23 heavy (non-hydrogen) atoms. The average molecular weight is 322 g/mol. The lowest BCUT2D eigenvalue weighted by Crippen LogP contribution is -2.58. The van der Waals surface area contributed by atoms with Crippen LogP contribution < -0.4 is 0 Å². The van der Waals surface area contributed by atoms with E-state index in [1.54, 1.807) is 0 Å². The quantitative estimate of drug-likeness (QED) is 0.642. The first kappa shape index (κ1) is 16.4. The molecule has 4 saturated carbocycles. The molecule has 4 rings (SSSR count). The lowest BCUT2D eigenvalue weighted by Gasteiger charge is -2.62. The number of aliphatic hydroxyl groups is 3. The van der Waals surface area contributed by atoms with Gasteiger partial charge in [0.25, 0.3) is 0 Å². The number of fused-ring (bicyclic) bond motifs is 5. The molecule has 3 nitrogen and oxygen atoms in total. The molecule has 0 aliphatic heterocycles. The van der Waals surface area contributed by atoms with Crippen LogP contribution >= 0.6 is 0 Å². The van der Waals surface area contributed by atoms with Gasteiger partial charge in [-0.2, -0.15) is 0 Å². The number of hydrogen-bond acceptors (Lipinski definition) is 3. The maximum Gasteiger partial charge on any atom is 0.0804 e. The van der Waals surface area contributed by atoms with Crippen LogP contribution in [-0.2, 0) is 0 Å². The fourth-order valence-electron chi connectivity index (χ4n) is 7.52. The third-order valence-corrected chi connectivity index (χ3v) is 9.25. The van der Waals surface area contributed by atoms with E-state index in [1.165, 1.54) is 19.3 Å². The maximum atomic E-state index is 10.9. The molecule has 0 aromatic carbocycles. The van der Waals surface area contributed by atoms with E-state index < -0.39 is 17.8 Å².